The summed E-state index contributed by atoms with van der Waals surface area (Å²) in [6, 6.07) is 12.9. The summed E-state index contributed by atoms with van der Waals surface area (Å²) < 4.78 is 57.6. The lowest BCUT2D eigenvalue weighted by Gasteiger charge is -2.42. The molecule has 4 aromatic rings. The molecule has 0 unspecified atom stereocenters. The number of nitrogens with zero attached hydrogens (tertiary/aromatic N) is 1. The number of aliphatic hydroxyl groups excluding tert-OH is 1. The summed E-state index contributed by atoms with van der Waals surface area (Å²) in [7, 11) is 3.19. The second-order valence-corrected chi connectivity index (χ2v) is 10.1. The van der Waals surface area contributed by atoms with E-state index in [1.54, 1.807) is 55.8 Å². The Morgan fingerprint density at radius 1 is 1.12 bits per heavy atom. The van der Waals surface area contributed by atoms with Crippen LogP contribution in [0.5, 0.6) is 11.5 Å². The van der Waals surface area contributed by atoms with E-state index in [0.717, 1.165) is 18.2 Å². The van der Waals surface area contributed by atoms with E-state index in [0.29, 0.717) is 22.0 Å². The van der Waals surface area contributed by atoms with Gasteiger partial charge in [-0.2, -0.15) is 13.2 Å². The first-order valence-electron chi connectivity index (χ1n) is 12.4. The fraction of sp³-hybridized carbons (Fsp3) is 0.267. The standard InChI is InChI=1S/C30H26F3NO6/c1-29(2)28(39-22(35)14-11-16-9-12-17(13-10-16)30(31,32)33)27(37)24-21(40-29)15-20(38-4)23-25(24)34(3)19-8-6-5-7-18(19)26(23)36/h5-15,27-28,37H,1-4H3/b14-11+/t27-,28-/m0/s1. The topological polar surface area (TPSA) is 87.0 Å². The SMILES string of the molecule is COc1cc2c(c3c1c(=O)c1ccccc1n3C)[C@H](O)[C@H](OC(=O)/C=C/c1ccc(C(F)(F)F)cc1)C(C)(C)O2. The van der Waals surface area contributed by atoms with Gasteiger partial charge in [-0.15, -0.1) is 0 Å². The fourth-order valence-electron chi connectivity index (χ4n) is 5.14. The molecule has 1 aromatic heterocycles. The molecule has 40 heavy (non-hydrogen) atoms. The number of aliphatic hydroxyl groups is 1. The van der Waals surface area contributed by atoms with Crippen LogP contribution in [0.15, 0.2) is 65.5 Å². The third-order valence-corrected chi connectivity index (χ3v) is 7.09. The molecule has 0 radical (unpaired) electrons. The molecule has 2 atom stereocenters. The minimum atomic E-state index is -4.47. The van der Waals surface area contributed by atoms with Crippen molar-refractivity contribution < 1.29 is 37.3 Å². The van der Waals surface area contributed by atoms with E-state index >= 15 is 0 Å². The van der Waals surface area contributed by atoms with E-state index in [4.69, 9.17) is 14.2 Å². The molecule has 0 saturated heterocycles. The number of carbonyl (C=O) groups is 1. The Labute approximate surface area is 227 Å². The van der Waals surface area contributed by atoms with Gasteiger partial charge in [0.15, 0.2) is 6.10 Å². The van der Waals surface area contributed by atoms with E-state index in [1.807, 2.05) is 0 Å². The molecular formula is C30H26F3NO6. The number of rotatable bonds is 4. The van der Waals surface area contributed by atoms with E-state index < -0.39 is 35.5 Å². The lowest BCUT2D eigenvalue weighted by molar-refractivity contribution is -0.171. The summed E-state index contributed by atoms with van der Waals surface area (Å²) in [5.74, 6) is -0.279. The average molecular weight is 554 g/mol. The van der Waals surface area contributed by atoms with Crippen molar-refractivity contribution in [1.82, 2.24) is 4.57 Å². The zero-order valence-corrected chi connectivity index (χ0v) is 22.1. The van der Waals surface area contributed by atoms with Crippen LogP contribution < -0.4 is 14.9 Å². The number of aryl methyl sites for hydroxylation is 1. The lowest BCUT2D eigenvalue weighted by Crippen LogP contribution is -2.51. The Kier molecular flexibility index (Phi) is 6.62. The van der Waals surface area contributed by atoms with Crippen molar-refractivity contribution in [3.8, 4) is 11.5 Å². The van der Waals surface area contributed by atoms with Crippen LogP contribution in [0.3, 0.4) is 0 Å². The van der Waals surface area contributed by atoms with Gasteiger partial charge in [0.1, 0.15) is 23.2 Å². The van der Waals surface area contributed by atoms with Crippen LogP contribution >= 0.6 is 0 Å². The van der Waals surface area contributed by atoms with Crippen molar-refractivity contribution in [3.05, 3.63) is 87.6 Å². The largest absolute Gasteiger partial charge is 0.496 e. The Bertz CT molecular complexity index is 1720. The molecule has 7 nitrogen and oxygen atoms in total. The lowest BCUT2D eigenvalue weighted by atomic mass is 9.86. The van der Waals surface area contributed by atoms with E-state index in [-0.39, 0.29) is 27.9 Å². The second-order valence-electron chi connectivity index (χ2n) is 10.1. The highest BCUT2D eigenvalue weighted by Gasteiger charge is 2.47. The number of alkyl halides is 3. The molecule has 0 bridgehead atoms. The van der Waals surface area contributed by atoms with Gasteiger partial charge in [0.05, 0.1) is 34.7 Å². The molecule has 0 fully saturated rings. The van der Waals surface area contributed by atoms with Crippen LogP contribution in [-0.4, -0.2) is 34.5 Å². The van der Waals surface area contributed by atoms with Gasteiger partial charge in [-0.05, 0) is 49.8 Å². The maximum atomic E-state index is 13.5. The minimum absolute atomic E-state index is 0.247. The second kappa shape index (κ2) is 9.71. The molecule has 3 aromatic carbocycles. The monoisotopic (exact) mass is 553 g/mol. The van der Waals surface area contributed by atoms with Gasteiger partial charge in [-0.25, -0.2) is 4.79 Å². The summed E-state index contributed by atoms with van der Waals surface area (Å²) in [6.07, 6.45) is -4.67. The van der Waals surface area contributed by atoms with Crippen molar-refractivity contribution >= 4 is 33.9 Å². The molecule has 1 aliphatic rings. The molecule has 2 heterocycles. The van der Waals surface area contributed by atoms with E-state index in [9.17, 15) is 27.9 Å². The highest BCUT2D eigenvalue weighted by molar-refractivity contribution is 5.99. The molecule has 0 amide bonds. The molecule has 208 valence electrons. The molecule has 10 heteroatoms. The quantitative estimate of drug-likeness (QED) is 0.203. The predicted molar refractivity (Wildman–Crippen MR) is 143 cm³/mol. The number of halogens is 3. The van der Waals surface area contributed by atoms with Crippen molar-refractivity contribution in [2.24, 2.45) is 7.05 Å². The number of ether oxygens (including phenoxy) is 3. The minimum Gasteiger partial charge on any atom is -0.496 e. The van der Waals surface area contributed by atoms with Crippen molar-refractivity contribution in [1.29, 1.82) is 0 Å². The van der Waals surface area contributed by atoms with Crippen LogP contribution in [0.1, 0.15) is 36.6 Å². The first kappa shape index (κ1) is 27.3. The summed E-state index contributed by atoms with van der Waals surface area (Å²) in [5, 5.41) is 12.3. The van der Waals surface area contributed by atoms with Gasteiger partial charge in [0.25, 0.3) is 0 Å². The van der Waals surface area contributed by atoms with Gasteiger partial charge in [-0.3, -0.25) is 4.79 Å². The van der Waals surface area contributed by atoms with Gasteiger partial charge >= 0.3 is 12.1 Å². The molecule has 0 spiro atoms. The zero-order chi connectivity index (χ0) is 29.0. The number of methoxy groups -OCH3 is 1. The van der Waals surface area contributed by atoms with Crippen LogP contribution in [-0.2, 0) is 22.8 Å². The number of fused-ring (bicyclic) bond motifs is 4. The molecule has 5 rings (SSSR count). The van der Waals surface area contributed by atoms with Crippen LogP contribution in [0.2, 0.25) is 0 Å². The highest BCUT2D eigenvalue weighted by Crippen LogP contribution is 2.47. The smallest absolute Gasteiger partial charge is 0.416 e. The van der Waals surface area contributed by atoms with Gasteiger partial charge in [-0.1, -0.05) is 24.3 Å². The first-order chi connectivity index (χ1) is 18.8. The van der Waals surface area contributed by atoms with Crippen LogP contribution in [0.4, 0.5) is 13.2 Å². The predicted octanol–water partition coefficient (Wildman–Crippen LogP) is 5.55. The number of para-hydroxylation sites is 1. The number of hydrogen-bond acceptors (Lipinski definition) is 6. The molecular weight excluding hydrogens is 527 g/mol. The Morgan fingerprint density at radius 2 is 1.80 bits per heavy atom. The Morgan fingerprint density at radius 3 is 2.45 bits per heavy atom. The Balaban J connectivity index is 1.54. The average Bonchev–Trinajstić information content (AvgIpc) is 2.91. The molecule has 0 aliphatic carbocycles. The summed E-state index contributed by atoms with van der Waals surface area (Å²) in [6.45, 7) is 3.29. The third kappa shape index (κ3) is 4.58. The van der Waals surface area contributed by atoms with E-state index in [2.05, 4.69) is 0 Å². The highest BCUT2D eigenvalue weighted by atomic mass is 19.4. The van der Waals surface area contributed by atoms with Crippen molar-refractivity contribution in [2.75, 3.05) is 7.11 Å². The molecule has 0 saturated carbocycles. The summed E-state index contributed by atoms with van der Waals surface area (Å²) in [4.78, 5) is 26.3. The molecule has 1 aliphatic heterocycles. The van der Waals surface area contributed by atoms with Crippen molar-refractivity contribution in [2.45, 2.75) is 37.8 Å². The Hall–Kier alpha value is -4.31. The number of benzene rings is 3. The summed E-state index contributed by atoms with van der Waals surface area (Å²) in [5.41, 5.74) is -0.656. The third-order valence-electron chi connectivity index (χ3n) is 7.09. The first-order valence-corrected chi connectivity index (χ1v) is 12.4. The number of esters is 1. The van der Waals surface area contributed by atoms with Crippen LogP contribution in [0, 0.1) is 0 Å². The van der Waals surface area contributed by atoms with Crippen LogP contribution in [0.25, 0.3) is 27.9 Å². The maximum Gasteiger partial charge on any atom is 0.416 e. The summed E-state index contributed by atoms with van der Waals surface area (Å²) >= 11 is 0. The van der Waals surface area contributed by atoms with Crippen molar-refractivity contribution in [3.63, 3.8) is 0 Å². The number of carbonyl (C=O) groups excluding carboxylic acids is 1. The molecule has 1 N–H and O–H groups in total. The number of hydrogen-bond donors (Lipinski definition) is 1. The van der Waals surface area contributed by atoms with Gasteiger partial charge in [0, 0.05) is 24.6 Å². The normalized spacial score (nSPS) is 18.5. The van der Waals surface area contributed by atoms with Gasteiger partial charge < -0.3 is 23.9 Å². The maximum absolute atomic E-state index is 13.5. The fourth-order valence-corrected chi connectivity index (χ4v) is 5.14. The zero-order valence-electron chi connectivity index (χ0n) is 22.1. The van der Waals surface area contributed by atoms with E-state index in [1.165, 1.54) is 25.3 Å². The van der Waals surface area contributed by atoms with Gasteiger partial charge in [0.2, 0.25) is 5.43 Å². The number of aromatic nitrogens is 1. The number of pyridine rings is 1.